The summed E-state index contributed by atoms with van der Waals surface area (Å²) in [6.07, 6.45) is 0. The summed E-state index contributed by atoms with van der Waals surface area (Å²) in [5.41, 5.74) is 2.27. The number of methoxy groups -OCH3 is 1. The minimum absolute atomic E-state index is 0. The zero-order valence-electron chi connectivity index (χ0n) is 15.2. The molecule has 0 amide bonds. The van der Waals surface area contributed by atoms with Gasteiger partial charge in [-0.25, -0.2) is 4.68 Å². The topological polar surface area (TPSA) is 47.4 Å². The lowest BCUT2D eigenvalue weighted by molar-refractivity contribution is 0.392. The molecule has 0 fully saturated rings. The lowest BCUT2D eigenvalue weighted by Crippen LogP contribution is -2.30. The van der Waals surface area contributed by atoms with Crippen LogP contribution in [0.2, 0.25) is 5.02 Å². The van der Waals surface area contributed by atoms with Crippen molar-refractivity contribution in [1.82, 2.24) is 14.7 Å². The summed E-state index contributed by atoms with van der Waals surface area (Å²) in [7, 11) is 5.46. The molecule has 0 saturated carbocycles. The number of halogens is 2. The van der Waals surface area contributed by atoms with Gasteiger partial charge in [-0.2, -0.15) is 5.10 Å². The van der Waals surface area contributed by atoms with Crippen LogP contribution in [0.4, 0.5) is 0 Å². The van der Waals surface area contributed by atoms with Crippen molar-refractivity contribution in [1.29, 1.82) is 0 Å². The Morgan fingerprint density at radius 3 is 2.48 bits per heavy atom. The Labute approximate surface area is 160 Å². The second kappa shape index (κ2) is 9.22. The van der Waals surface area contributed by atoms with E-state index in [-0.39, 0.29) is 18.0 Å². The molecule has 2 aromatic rings. The van der Waals surface area contributed by atoms with Gasteiger partial charge in [-0.3, -0.25) is 4.79 Å². The highest BCUT2D eigenvalue weighted by atomic mass is 35.5. The van der Waals surface area contributed by atoms with Gasteiger partial charge in [-0.05, 0) is 44.3 Å². The van der Waals surface area contributed by atoms with Crippen molar-refractivity contribution in [3.8, 4) is 17.0 Å². The third-order valence-electron chi connectivity index (χ3n) is 3.52. The van der Waals surface area contributed by atoms with Crippen LogP contribution in [0.5, 0.6) is 5.75 Å². The summed E-state index contributed by atoms with van der Waals surface area (Å²) in [6.45, 7) is 5.28. The number of ether oxygens (including phenoxy) is 1. The minimum Gasteiger partial charge on any atom is -0.495 e. The summed E-state index contributed by atoms with van der Waals surface area (Å²) in [4.78, 5) is 14.6. The quantitative estimate of drug-likeness (QED) is 0.760. The Balaban J connectivity index is 0.00000312. The fourth-order valence-corrected chi connectivity index (χ4v) is 2.74. The molecule has 0 saturated heterocycles. The fourth-order valence-electron chi connectivity index (χ4n) is 2.49. The smallest absolute Gasteiger partial charge is 0.271 e. The maximum atomic E-state index is 12.6. The molecule has 0 aliphatic heterocycles. The van der Waals surface area contributed by atoms with E-state index < -0.39 is 0 Å². The van der Waals surface area contributed by atoms with Gasteiger partial charge in [0.05, 0.1) is 17.8 Å². The highest BCUT2D eigenvalue weighted by Gasteiger charge is 2.13. The van der Waals surface area contributed by atoms with Gasteiger partial charge >= 0.3 is 0 Å². The molecule has 0 spiro atoms. The second-order valence-electron chi connectivity index (χ2n) is 6.52. The molecule has 5 nitrogen and oxygen atoms in total. The van der Waals surface area contributed by atoms with E-state index >= 15 is 0 Å². The zero-order valence-corrected chi connectivity index (χ0v) is 16.8. The molecule has 0 aliphatic rings. The van der Waals surface area contributed by atoms with Crippen molar-refractivity contribution in [3.63, 3.8) is 0 Å². The molecule has 0 radical (unpaired) electrons. The number of benzene rings is 1. The molecule has 0 unspecified atom stereocenters. The standard InChI is InChI=1S/C18H24ClN3O2.ClH/c1-12(2)10-22-18(23)14(11-21(3)4)9-16(20-22)13-6-7-17(24-5)15(19)8-13;/h6-9,12H,10-11H2,1-5H3;1H. The van der Waals surface area contributed by atoms with Gasteiger partial charge in [0.25, 0.3) is 5.56 Å². The Bertz CT molecular complexity index is 739. The highest BCUT2D eigenvalue weighted by molar-refractivity contribution is 6.32. The van der Waals surface area contributed by atoms with Crippen LogP contribution in [-0.4, -0.2) is 35.9 Å². The van der Waals surface area contributed by atoms with Crippen LogP contribution in [0.25, 0.3) is 11.3 Å². The Morgan fingerprint density at radius 1 is 1.28 bits per heavy atom. The average molecular weight is 386 g/mol. The maximum Gasteiger partial charge on any atom is 0.271 e. The predicted octanol–water partition coefficient (Wildman–Crippen LogP) is 3.71. The first kappa shape index (κ1) is 21.5. The lowest BCUT2D eigenvalue weighted by atomic mass is 10.1. The fraction of sp³-hybridized carbons (Fsp3) is 0.444. The van der Waals surface area contributed by atoms with Crippen molar-refractivity contribution in [2.24, 2.45) is 5.92 Å². The monoisotopic (exact) mass is 385 g/mol. The molecule has 7 heteroatoms. The molecule has 1 heterocycles. The van der Waals surface area contributed by atoms with Crippen molar-refractivity contribution in [2.45, 2.75) is 26.9 Å². The Hall–Kier alpha value is -1.56. The Kier molecular flexibility index (Phi) is 7.93. The summed E-state index contributed by atoms with van der Waals surface area (Å²) in [6, 6.07) is 7.36. The Morgan fingerprint density at radius 2 is 1.96 bits per heavy atom. The van der Waals surface area contributed by atoms with Gasteiger partial charge in [-0.1, -0.05) is 25.4 Å². The summed E-state index contributed by atoms with van der Waals surface area (Å²) in [5.74, 6) is 0.946. The predicted molar refractivity (Wildman–Crippen MR) is 105 cm³/mol. The summed E-state index contributed by atoms with van der Waals surface area (Å²) in [5, 5.41) is 5.05. The normalized spacial score (nSPS) is 10.9. The first-order valence-corrected chi connectivity index (χ1v) is 8.29. The van der Waals surface area contributed by atoms with Crippen molar-refractivity contribution in [3.05, 3.63) is 45.2 Å². The molecule has 0 bridgehead atoms. The van der Waals surface area contributed by atoms with Gasteiger partial charge < -0.3 is 9.64 Å². The van der Waals surface area contributed by atoms with E-state index in [4.69, 9.17) is 16.3 Å². The van der Waals surface area contributed by atoms with E-state index in [0.29, 0.717) is 29.8 Å². The maximum absolute atomic E-state index is 12.6. The molecule has 2 rings (SSSR count). The van der Waals surface area contributed by atoms with E-state index in [1.807, 2.05) is 43.3 Å². The van der Waals surface area contributed by atoms with Gasteiger partial charge in [0.1, 0.15) is 5.75 Å². The lowest BCUT2D eigenvalue weighted by Gasteiger charge is -2.15. The van der Waals surface area contributed by atoms with Crippen LogP contribution in [-0.2, 0) is 13.1 Å². The largest absolute Gasteiger partial charge is 0.495 e. The van der Waals surface area contributed by atoms with Crippen LogP contribution >= 0.6 is 24.0 Å². The summed E-state index contributed by atoms with van der Waals surface area (Å²) >= 11 is 6.23. The number of rotatable bonds is 6. The zero-order chi connectivity index (χ0) is 17.9. The van der Waals surface area contributed by atoms with Gasteiger partial charge in [-0.15, -0.1) is 12.4 Å². The third-order valence-corrected chi connectivity index (χ3v) is 3.82. The number of hydrogen-bond donors (Lipinski definition) is 0. The van der Waals surface area contributed by atoms with Crippen LogP contribution in [0.15, 0.2) is 29.1 Å². The molecule has 0 aliphatic carbocycles. The van der Waals surface area contributed by atoms with Crippen LogP contribution in [0.1, 0.15) is 19.4 Å². The van der Waals surface area contributed by atoms with E-state index in [9.17, 15) is 4.79 Å². The van der Waals surface area contributed by atoms with E-state index in [2.05, 4.69) is 18.9 Å². The molecule has 0 N–H and O–H groups in total. The van der Waals surface area contributed by atoms with E-state index in [1.54, 1.807) is 11.8 Å². The van der Waals surface area contributed by atoms with Crippen molar-refractivity contribution < 1.29 is 4.74 Å². The molecule has 25 heavy (non-hydrogen) atoms. The first-order chi connectivity index (χ1) is 11.3. The molecule has 1 aromatic heterocycles. The van der Waals surface area contributed by atoms with E-state index in [0.717, 1.165) is 16.8 Å². The van der Waals surface area contributed by atoms with Crippen molar-refractivity contribution >= 4 is 24.0 Å². The average Bonchev–Trinajstić information content (AvgIpc) is 2.50. The molecular formula is C18H25Cl2N3O2. The third kappa shape index (κ3) is 5.46. The minimum atomic E-state index is -0.0410. The van der Waals surface area contributed by atoms with Crippen LogP contribution in [0, 0.1) is 5.92 Å². The van der Waals surface area contributed by atoms with Gasteiger partial charge in [0, 0.05) is 24.2 Å². The van der Waals surface area contributed by atoms with Gasteiger partial charge in [0.2, 0.25) is 0 Å². The number of nitrogens with zero attached hydrogens (tertiary/aromatic N) is 3. The van der Waals surface area contributed by atoms with Crippen LogP contribution in [0.3, 0.4) is 0 Å². The molecular weight excluding hydrogens is 361 g/mol. The molecule has 138 valence electrons. The number of aromatic nitrogens is 2. The SMILES string of the molecule is COc1ccc(-c2cc(CN(C)C)c(=O)n(CC(C)C)n2)cc1Cl.Cl. The van der Waals surface area contributed by atoms with E-state index in [1.165, 1.54) is 0 Å². The first-order valence-electron chi connectivity index (χ1n) is 7.91. The van der Waals surface area contributed by atoms with Gasteiger partial charge in [0.15, 0.2) is 0 Å². The molecule has 0 atom stereocenters. The highest BCUT2D eigenvalue weighted by Crippen LogP contribution is 2.29. The molecule has 1 aromatic carbocycles. The van der Waals surface area contributed by atoms with Crippen LogP contribution < -0.4 is 10.3 Å². The van der Waals surface area contributed by atoms with Crippen molar-refractivity contribution in [2.75, 3.05) is 21.2 Å². The number of hydrogen-bond acceptors (Lipinski definition) is 4. The second-order valence-corrected chi connectivity index (χ2v) is 6.93. The summed E-state index contributed by atoms with van der Waals surface area (Å²) < 4.78 is 6.75.